The molecule has 1 aliphatic carbocycles. The molecule has 5 rings (SSSR count). The van der Waals surface area contributed by atoms with Crippen LogP contribution in [0.15, 0.2) is 53.7 Å². The van der Waals surface area contributed by atoms with E-state index in [4.69, 9.17) is 19.6 Å². The summed E-state index contributed by atoms with van der Waals surface area (Å²) < 4.78 is 13.2. The summed E-state index contributed by atoms with van der Waals surface area (Å²) in [4.78, 5) is 18.3. The fourth-order valence-corrected chi connectivity index (χ4v) is 4.95. The first-order valence-corrected chi connectivity index (χ1v) is 11.7. The van der Waals surface area contributed by atoms with Gasteiger partial charge in [0.2, 0.25) is 5.95 Å². The summed E-state index contributed by atoms with van der Waals surface area (Å²) in [6.07, 6.45) is 1.26. The van der Waals surface area contributed by atoms with Gasteiger partial charge in [-0.05, 0) is 49.4 Å². The van der Waals surface area contributed by atoms with Gasteiger partial charge < -0.3 is 14.8 Å². The molecule has 2 heterocycles. The van der Waals surface area contributed by atoms with Gasteiger partial charge in [0.25, 0.3) is 0 Å². The first kappa shape index (κ1) is 22.2. The second-order valence-corrected chi connectivity index (χ2v) is 9.78. The molecule has 2 aromatic carbocycles. The molecule has 1 N–H and O–H groups in total. The summed E-state index contributed by atoms with van der Waals surface area (Å²) >= 11 is 0. The van der Waals surface area contributed by atoms with E-state index in [2.05, 4.69) is 25.2 Å². The zero-order valence-corrected chi connectivity index (χ0v) is 20.3. The van der Waals surface area contributed by atoms with Crippen LogP contribution in [0, 0.1) is 12.3 Å². The highest BCUT2D eigenvalue weighted by atomic mass is 16.5. The lowest BCUT2D eigenvalue weighted by atomic mass is 9.73. The number of nitrogens with zero attached hydrogens (tertiary/aromatic N) is 3. The minimum absolute atomic E-state index is 0.120. The average molecular weight is 459 g/mol. The molecule has 34 heavy (non-hydrogen) atoms. The zero-order chi connectivity index (χ0) is 24.0. The van der Waals surface area contributed by atoms with Gasteiger partial charge in [-0.25, -0.2) is 4.68 Å². The van der Waals surface area contributed by atoms with Gasteiger partial charge in [-0.1, -0.05) is 43.7 Å². The van der Waals surface area contributed by atoms with E-state index in [1.54, 1.807) is 7.11 Å². The van der Waals surface area contributed by atoms with E-state index in [1.807, 2.05) is 54.9 Å². The SMILES string of the molecule is CCOc1ccc(C2C3=C(CC(C)(C)CC3=O)Nc3nc(-c4cccc(C)c4)nn32)cc1OC. The van der Waals surface area contributed by atoms with Gasteiger partial charge in [0.1, 0.15) is 6.04 Å². The number of aromatic nitrogens is 3. The van der Waals surface area contributed by atoms with E-state index in [0.717, 1.165) is 34.4 Å². The number of fused-ring (bicyclic) bond motifs is 1. The van der Waals surface area contributed by atoms with E-state index in [1.165, 1.54) is 0 Å². The molecule has 2 aliphatic rings. The number of carbonyl (C=O) groups excluding carboxylic acids is 1. The van der Waals surface area contributed by atoms with Gasteiger partial charge >= 0.3 is 0 Å². The third-order valence-electron chi connectivity index (χ3n) is 6.41. The number of anilines is 1. The zero-order valence-electron chi connectivity index (χ0n) is 20.3. The van der Waals surface area contributed by atoms with E-state index in [-0.39, 0.29) is 11.2 Å². The number of methoxy groups -OCH3 is 1. The fraction of sp³-hybridized carbons (Fsp3) is 0.370. The molecule has 0 fully saturated rings. The van der Waals surface area contributed by atoms with Crippen LogP contribution in [0.5, 0.6) is 11.5 Å². The number of hydrogen-bond acceptors (Lipinski definition) is 6. The average Bonchev–Trinajstić information content (AvgIpc) is 3.21. The lowest BCUT2D eigenvalue weighted by Crippen LogP contribution is -2.36. The van der Waals surface area contributed by atoms with Crippen LogP contribution in [-0.2, 0) is 4.79 Å². The first-order valence-electron chi connectivity index (χ1n) is 11.7. The van der Waals surface area contributed by atoms with Crippen molar-refractivity contribution in [1.29, 1.82) is 0 Å². The largest absolute Gasteiger partial charge is 0.493 e. The van der Waals surface area contributed by atoms with Crippen LogP contribution in [0.4, 0.5) is 5.95 Å². The topological polar surface area (TPSA) is 78.3 Å². The van der Waals surface area contributed by atoms with E-state index < -0.39 is 6.04 Å². The Morgan fingerprint density at radius 2 is 1.97 bits per heavy atom. The number of nitrogens with one attached hydrogen (secondary N) is 1. The Morgan fingerprint density at radius 3 is 2.71 bits per heavy atom. The Hall–Kier alpha value is -3.61. The molecule has 0 amide bonds. The standard InChI is InChI=1S/C27H30N4O3/c1-6-34-21-11-10-17(13-22(21)33-5)24-23-19(14-27(3,4)15-20(23)32)28-26-29-25(30-31(24)26)18-9-7-8-16(2)12-18/h7-13,24H,6,14-15H2,1-5H3,(H,28,29,30). The van der Waals surface area contributed by atoms with E-state index >= 15 is 0 Å². The molecule has 0 radical (unpaired) electrons. The molecule has 1 aliphatic heterocycles. The van der Waals surface area contributed by atoms with Crippen LogP contribution in [-0.4, -0.2) is 34.3 Å². The molecule has 0 saturated carbocycles. The maximum absolute atomic E-state index is 13.5. The maximum atomic E-state index is 13.5. The van der Waals surface area contributed by atoms with Crippen LogP contribution in [0.2, 0.25) is 0 Å². The summed E-state index contributed by atoms with van der Waals surface area (Å²) in [7, 11) is 1.62. The van der Waals surface area contributed by atoms with Crippen LogP contribution < -0.4 is 14.8 Å². The molecule has 7 nitrogen and oxygen atoms in total. The molecule has 3 aromatic rings. The van der Waals surface area contributed by atoms with Crippen LogP contribution in [0.1, 0.15) is 50.8 Å². The van der Waals surface area contributed by atoms with Crippen molar-refractivity contribution in [3.63, 3.8) is 0 Å². The van der Waals surface area contributed by atoms with Crippen molar-refractivity contribution >= 4 is 11.7 Å². The summed E-state index contributed by atoms with van der Waals surface area (Å²) in [6, 6.07) is 13.6. The molecule has 0 saturated heterocycles. The highest BCUT2D eigenvalue weighted by Crippen LogP contribution is 2.46. The van der Waals surface area contributed by atoms with Crippen molar-refractivity contribution in [1.82, 2.24) is 14.8 Å². The molecule has 1 aromatic heterocycles. The predicted octanol–water partition coefficient (Wildman–Crippen LogP) is 5.32. The molecule has 1 unspecified atom stereocenters. The lowest BCUT2D eigenvalue weighted by Gasteiger charge is -2.38. The van der Waals surface area contributed by atoms with Crippen LogP contribution in [0.25, 0.3) is 11.4 Å². The Labute approximate surface area is 199 Å². The van der Waals surface area contributed by atoms with Gasteiger partial charge in [0.05, 0.1) is 13.7 Å². The number of allylic oxidation sites excluding steroid dienone is 2. The number of ketones is 1. The van der Waals surface area contributed by atoms with Gasteiger partial charge in [0, 0.05) is 23.3 Å². The Kier molecular flexibility index (Phi) is 5.42. The molecule has 1 atom stereocenters. The summed E-state index contributed by atoms with van der Waals surface area (Å²) in [5.74, 6) is 2.70. The first-order chi connectivity index (χ1) is 16.3. The van der Waals surface area contributed by atoms with Crippen molar-refractivity contribution in [2.75, 3.05) is 19.0 Å². The van der Waals surface area contributed by atoms with Crippen molar-refractivity contribution in [2.24, 2.45) is 5.41 Å². The monoisotopic (exact) mass is 458 g/mol. The third-order valence-corrected chi connectivity index (χ3v) is 6.41. The van der Waals surface area contributed by atoms with Crippen LogP contribution >= 0.6 is 0 Å². The summed E-state index contributed by atoms with van der Waals surface area (Å²) in [5.41, 5.74) is 4.54. The van der Waals surface area contributed by atoms with Crippen LogP contribution in [0.3, 0.4) is 0 Å². The lowest BCUT2D eigenvalue weighted by molar-refractivity contribution is -0.118. The third kappa shape index (κ3) is 3.85. The minimum Gasteiger partial charge on any atom is -0.493 e. The van der Waals surface area contributed by atoms with Gasteiger partial charge in [-0.3, -0.25) is 4.79 Å². The quantitative estimate of drug-likeness (QED) is 0.558. The van der Waals surface area contributed by atoms with E-state index in [9.17, 15) is 4.79 Å². The highest BCUT2D eigenvalue weighted by molar-refractivity contribution is 6.00. The predicted molar refractivity (Wildman–Crippen MR) is 131 cm³/mol. The molecule has 176 valence electrons. The minimum atomic E-state index is -0.398. The number of rotatable bonds is 5. The number of ether oxygens (including phenoxy) is 2. The fourth-order valence-electron chi connectivity index (χ4n) is 4.95. The summed E-state index contributed by atoms with van der Waals surface area (Å²) in [5, 5.41) is 8.32. The Bertz CT molecular complexity index is 1300. The molecular weight excluding hydrogens is 428 g/mol. The smallest absolute Gasteiger partial charge is 0.226 e. The molecule has 7 heteroatoms. The molecular formula is C27H30N4O3. The number of aryl methyl sites for hydroxylation is 1. The van der Waals surface area contributed by atoms with Gasteiger partial charge in [-0.2, -0.15) is 4.98 Å². The number of Topliss-reactive ketones (excluding diaryl/α,β-unsaturated/α-hetero) is 1. The van der Waals surface area contributed by atoms with Crippen molar-refractivity contribution in [3.05, 3.63) is 64.9 Å². The number of benzene rings is 2. The number of carbonyl (C=O) groups is 1. The van der Waals surface area contributed by atoms with E-state index in [0.29, 0.717) is 36.3 Å². The van der Waals surface area contributed by atoms with Gasteiger partial charge in [0.15, 0.2) is 23.1 Å². The summed E-state index contributed by atoms with van der Waals surface area (Å²) in [6.45, 7) is 8.78. The Balaban J connectivity index is 1.68. The van der Waals surface area contributed by atoms with Crippen molar-refractivity contribution in [2.45, 2.75) is 46.6 Å². The molecule has 0 spiro atoms. The van der Waals surface area contributed by atoms with Crippen molar-refractivity contribution in [3.8, 4) is 22.9 Å². The highest BCUT2D eigenvalue weighted by Gasteiger charge is 2.42. The Morgan fingerprint density at radius 1 is 1.15 bits per heavy atom. The normalized spacial score (nSPS) is 18.7. The number of hydrogen-bond donors (Lipinski definition) is 1. The molecule has 0 bridgehead atoms. The van der Waals surface area contributed by atoms with Crippen molar-refractivity contribution < 1.29 is 14.3 Å². The second-order valence-electron chi connectivity index (χ2n) is 9.78. The maximum Gasteiger partial charge on any atom is 0.226 e. The van der Waals surface area contributed by atoms with Gasteiger partial charge in [-0.15, -0.1) is 5.10 Å². The second kappa shape index (κ2) is 8.31.